The third kappa shape index (κ3) is 3.42. The van der Waals surface area contributed by atoms with Crippen LogP contribution < -0.4 is 4.72 Å². The predicted octanol–water partition coefficient (Wildman–Crippen LogP) is 1.66. The molecule has 0 heterocycles. The van der Waals surface area contributed by atoms with Gasteiger partial charge in [0.15, 0.2) is 11.6 Å². The highest BCUT2D eigenvalue weighted by atomic mass is 32.2. The van der Waals surface area contributed by atoms with Crippen molar-refractivity contribution in [2.45, 2.75) is 13.8 Å². The van der Waals surface area contributed by atoms with Crippen molar-refractivity contribution in [3.05, 3.63) is 29.3 Å². The van der Waals surface area contributed by atoms with E-state index in [-0.39, 0.29) is 13.1 Å². The van der Waals surface area contributed by atoms with E-state index in [0.29, 0.717) is 12.1 Å². The van der Waals surface area contributed by atoms with Gasteiger partial charge in [-0.3, -0.25) is 4.72 Å². The number of rotatable bonds is 6. The monoisotopic (exact) mass is 308 g/mol. The Bertz CT molecular complexity index is 615. The first-order valence-corrected chi connectivity index (χ1v) is 7.17. The van der Waals surface area contributed by atoms with Crippen LogP contribution in [0.15, 0.2) is 12.1 Å². The third-order valence-electron chi connectivity index (χ3n) is 2.58. The van der Waals surface area contributed by atoms with E-state index >= 15 is 0 Å². The summed E-state index contributed by atoms with van der Waals surface area (Å²) >= 11 is 0. The second-order valence-corrected chi connectivity index (χ2v) is 5.48. The first kappa shape index (κ1) is 16.3. The van der Waals surface area contributed by atoms with E-state index in [1.807, 2.05) is 4.72 Å². The molecule has 0 aliphatic rings. The summed E-state index contributed by atoms with van der Waals surface area (Å²) in [4.78, 5) is 10.9. The molecule has 1 aromatic carbocycles. The van der Waals surface area contributed by atoms with E-state index in [1.165, 1.54) is 0 Å². The Balaban J connectivity index is 3.27. The normalized spacial score (nSPS) is 11.7. The van der Waals surface area contributed by atoms with Gasteiger partial charge in [-0.1, -0.05) is 13.8 Å². The van der Waals surface area contributed by atoms with Crippen LogP contribution in [0, 0.1) is 11.6 Å². The lowest BCUT2D eigenvalue weighted by Crippen LogP contribution is -2.36. The molecule has 2 N–H and O–H groups in total. The highest BCUT2D eigenvalue weighted by Crippen LogP contribution is 2.22. The van der Waals surface area contributed by atoms with E-state index in [9.17, 15) is 22.0 Å². The number of carboxylic acids is 1. The molecule has 6 nitrogen and oxygen atoms in total. The van der Waals surface area contributed by atoms with Gasteiger partial charge in [-0.25, -0.2) is 13.6 Å². The summed E-state index contributed by atoms with van der Waals surface area (Å²) in [5.41, 5.74) is -1.19. The molecule has 0 amide bonds. The minimum atomic E-state index is -4.03. The van der Waals surface area contributed by atoms with Gasteiger partial charge < -0.3 is 5.11 Å². The Kier molecular flexibility index (Phi) is 5.01. The number of benzene rings is 1. The molecule has 0 aliphatic heterocycles. The van der Waals surface area contributed by atoms with Gasteiger partial charge in [-0.15, -0.1) is 0 Å². The first-order valence-electron chi connectivity index (χ1n) is 5.73. The smallest absolute Gasteiger partial charge is 0.337 e. The zero-order valence-corrected chi connectivity index (χ0v) is 11.7. The van der Waals surface area contributed by atoms with Crippen LogP contribution >= 0.6 is 0 Å². The fraction of sp³-hybridized carbons (Fsp3) is 0.364. The predicted molar refractivity (Wildman–Crippen MR) is 68.8 cm³/mol. The lowest BCUT2D eigenvalue weighted by molar-refractivity contribution is 0.0697. The third-order valence-corrected chi connectivity index (χ3v) is 4.25. The van der Waals surface area contributed by atoms with Crippen molar-refractivity contribution in [2.24, 2.45) is 0 Å². The van der Waals surface area contributed by atoms with E-state index < -0.39 is 39.1 Å². The van der Waals surface area contributed by atoms with Crippen molar-refractivity contribution < 1.29 is 27.1 Å². The minimum Gasteiger partial charge on any atom is -0.478 e. The molecule has 0 atom stereocenters. The minimum absolute atomic E-state index is 0.151. The molecule has 9 heteroatoms. The molecule has 0 aromatic heterocycles. The van der Waals surface area contributed by atoms with Gasteiger partial charge in [0.25, 0.3) is 0 Å². The molecular formula is C11H14F2N2O4S. The van der Waals surface area contributed by atoms with Gasteiger partial charge in [-0.05, 0) is 6.07 Å². The maximum Gasteiger partial charge on any atom is 0.337 e. The van der Waals surface area contributed by atoms with Gasteiger partial charge in [0.2, 0.25) is 0 Å². The molecule has 1 aromatic rings. The number of nitrogens with one attached hydrogen (secondary N) is 1. The number of halogens is 2. The van der Waals surface area contributed by atoms with Crippen LogP contribution in [0.1, 0.15) is 24.2 Å². The highest BCUT2D eigenvalue weighted by Gasteiger charge is 2.23. The summed E-state index contributed by atoms with van der Waals surface area (Å²) in [6.07, 6.45) is 0. The summed E-state index contributed by atoms with van der Waals surface area (Å²) in [7, 11) is -4.03. The number of anilines is 1. The van der Waals surface area contributed by atoms with Crippen molar-refractivity contribution >= 4 is 21.9 Å². The Morgan fingerprint density at radius 3 is 2.20 bits per heavy atom. The fourth-order valence-electron chi connectivity index (χ4n) is 1.58. The number of hydrogen-bond acceptors (Lipinski definition) is 3. The largest absolute Gasteiger partial charge is 0.478 e. The Morgan fingerprint density at radius 2 is 1.75 bits per heavy atom. The van der Waals surface area contributed by atoms with Crippen LogP contribution in [0.25, 0.3) is 0 Å². The number of nitrogens with zero attached hydrogens (tertiary/aromatic N) is 1. The van der Waals surface area contributed by atoms with Crippen LogP contribution in [0.3, 0.4) is 0 Å². The van der Waals surface area contributed by atoms with Crippen LogP contribution in [0.2, 0.25) is 0 Å². The summed E-state index contributed by atoms with van der Waals surface area (Å²) in [6.45, 7) is 3.48. The Hall–Kier alpha value is -1.74. The maximum atomic E-state index is 13.1. The summed E-state index contributed by atoms with van der Waals surface area (Å²) in [5.74, 6) is -4.28. The topological polar surface area (TPSA) is 86.7 Å². The lowest BCUT2D eigenvalue weighted by Gasteiger charge is -2.20. The molecule has 0 aliphatic carbocycles. The lowest BCUT2D eigenvalue weighted by atomic mass is 10.2. The second-order valence-electron chi connectivity index (χ2n) is 3.81. The Morgan fingerprint density at radius 1 is 1.25 bits per heavy atom. The standard InChI is InChI=1S/C11H14F2N2O4S/c1-3-15(4-2)20(18,19)14-10-6-9(13)8(12)5-7(10)11(16)17/h5-6,14H,3-4H2,1-2H3,(H,16,17). The van der Waals surface area contributed by atoms with Gasteiger partial charge in [0.05, 0.1) is 11.3 Å². The van der Waals surface area contributed by atoms with Crippen molar-refractivity contribution in [3.8, 4) is 0 Å². The van der Waals surface area contributed by atoms with Crippen LogP contribution in [0.4, 0.5) is 14.5 Å². The maximum absolute atomic E-state index is 13.1. The number of carboxylic acid groups (broad SMARTS) is 1. The number of hydrogen-bond donors (Lipinski definition) is 2. The quantitative estimate of drug-likeness (QED) is 0.837. The Labute approximate surface area is 115 Å². The van der Waals surface area contributed by atoms with Crippen LogP contribution in [-0.4, -0.2) is 36.9 Å². The van der Waals surface area contributed by atoms with Gasteiger partial charge >= 0.3 is 16.2 Å². The molecule has 20 heavy (non-hydrogen) atoms. The van der Waals surface area contributed by atoms with Crippen molar-refractivity contribution in [2.75, 3.05) is 17.8 Å². The molecule has 0 bridgehead atoms. The van der Waals surface area contributed by atoms with E-state index in [2.05, 4.69) is 0 Å². The van der Waals surface area contributed by atoms with E-state index in [0.717, 1.165) is 4.31 Å². The molecule has 0 spiro atoms. The van der Waals surface area contributed by atoms with Gasteiger partial charge in [0, 0.05) is 19.2 Å². The molecule has 0 fully saturated rings. The molecule has 0 saturated carbocycles. The van der Waals surface area contributed by atoms with Gasteiger partial charge in [0.1, 0.15) is 0 Å². The van der Waals surface area contributed by atoms with Crippen molar-refractivity contribution in [1.29, 1.82) is 0 Å². The number of aromatic carboxylic acids is 1. The van der Waals surface area contributed by atoms with Crippen molar-refractivity contribution in [3.63, 3.8) is 0 Å². The number of carbonyl (C=O) groups is 1. The molecule has 0 unspecified atom stereocenters. The average Bonchev–Trinajstić information content (AvgIpc) is 2.33. The summed E-state index contributed by atoms with van der Waals surface area (Å²) < 4.78 is 53.0. The highest BCUT2D eigenvalue weighted by molar-refractivity contribution is 7.90. The summed E-state index contributed by atoms with van der Waals surface area (Å²) in [6, 6.07) is 0.928. The molecular weight excluding hydrogens is 294 g/mol. The van der Waals surface area contributed by atoms with Crippen molar-refractivity contribution in [1.82, 2.24) is 4.31 Å². The SMILES string of the molecule is CCN(CC)S(=O)(=O)Nc1cc(F)c(F)cc1C(=O)O. The zero-order chi connectivity index (χ0) is 15.5. The second kappa shape index (κ2) is 6.14. The zero-order valence-electron chi connectivity index (χ0n) is 10.9. The van der Waals surface area contributed by atoms with E-state index in [4.69, 9.17) is 5.11 Å². The fourth-order valence-corrected chi connectivity index (χ4v) is 2.83. The molecule has 0 radical (unpaired) electrons. The molecule has 1 rings (SSSR count). The van der Waals surface area contributed by atoms with Crippen LogP contribution in [0.5, 0.6) is 0 Å². The first-order chi connectivity index (χ1) is 9.22. The van der Waals surface area contributed by atoms with Crippen LogP contribution in [-0.2, 0) is 10.2 Å². The van der Waals surface area contributed by atoms with Gasteiger partial charge in [-0.2, -0.15) is 12.7 Å². The molecule has 0 saturated heterocycles. The van der Waals surface area contributed by atoms with E-state index in [1.54, 1.807) is 13.8 Å². The summed E-state index contributed by atoms with van der Waals surface area (Å²) in [5, 5.41) is 8.89. The average molecular weight is 308 g/mol. The molecule has 112 valence electrons.